The van der Waals surface area contributed by atoms with E-state index >= 15 is 0 Å². The standard InChI is InChI=1S/C17H17N5O10S2/c1-5-6-2-9(25)32-17(6,15(28)29)22-13(27)11(14(22)34(5)30)20-12(26)10(21-31-3-8(23)24)7-4-33-16(18)19-7/h4-6,11,14H,2-3H2,1H3,(H2,18,19)(H,20,26)(H,23,24)(H,28,29)/b21-10-/t5-,6-,11+,14+,17+,34-/m0/s1. The van der Waals surface area contributed by atoms with E-state index in [9.17, 15) is 33.3 Å². The normalized spacial score (nSPS) is 32.2. The first-order valence-electron chi connectivity index (χ1n) is 9.60. The number of amides is 2. The number of aromatic nitrogens is 1. The molecule has 0 aromatic carbocycles. The molecule has 3 fully saturated rings. The number of aliphatic carboxylic acids is 2. The van der Waals surface area contributed by atoms with E-state index in [4.69, 9.17) is 15.6 Å². The SMILES string of the molecule is C[C@H]1[C@@H]2CC(=O)O[C@]2(C(=O)O)N2C(=O)[C@@H](NC(=O)/C(=N\OCC(=O)O)c3csc(N)n3)[C@H]2[S@]1=O. The zero-order valence-electron chi connectivity index (χ0n) is 17.2. The number of nitrogens with zero attached hydrogens (tertiary/aromatic N) is 3. The number of carbonyl (C=O) groups excluding carboxylic acids is 3. The van der Waals surface area contributed by atoms with Crippen LogP contribution in [0.4, 0.5) is 5.13 Å². The lowest BCUT2D eigenvalue weighted by atomic mass is 9.86. The van der Waals surface area contributed by atoms with Gasteiger partial charge in [0.2, 0.25) is 6.61 Å². The molecule has 1 aromatic rings. The molecule has 4 heterocycles. The average Bonchev–Trinajstić information content (AvgIpc) is 3.34. The predicted molar refractivity (Wildman–Crippen MR) is 111 cm³/mol. The van der Waals surface area contributed by atoms with Gasteiger partial charge in [-0.2, -0.15) is 0 Å². The average molecular weight is 515 g/mol. The minimum atomic E-state index is -2.32. The van der Waals surface area contributed by atoms with Crippen LogP contribution >= 0.6 is 11.3 Å². The number of ether oxygens (including phenoxy) is 1. The molecule has 0 bridgehead atoms. The van der Waals surface area contributed by atoms with Gasteiger partial charge >= 0.3 is 17.9 Å². The number of fused-ring (bicyclic) bond motifs is 3. The van der Waals surface area contributed by atoms with Gasteiger partial charge in [0.15, 0.2) is 10.8 Å². The van der Waals surface area contributed by atoms with Gasteiger partial charge < -0.3 is 30.8 Å². The second-order valence-electron chi connectivity index (χ2n) is 7.55. The molecular weight excluding hydrogens is 498 g/mol. The maximum atomic E-state index is 13.1. The van der Waals surface area contributed by atoms with Crippen molar-refractivity contribution in [1.82, 2.24) is 15.2 Å². The van der Waals surface area contributed by atoms with Gasteiger partial charge in [-0.15, -0.1) is 11.3 Å². The number of nitrogen functional groups attached to an aromatic ring is 1. The summed E-state index contributed by atoms with van der Waals surface area (Å²) in [6, 6.07) is -1.44. The Balaban J connectivity index is 1.62. The van der Waals surface area contributed by atoms with Gasteiger partial charge in [-0.3, -0.25) is 23.5 Å². The van der Waals surface area contributed by atoms with Crippen LogP contribution in [0.2, 0.25) is 0 Å². The molecule has 4 rings (SSSR count). The van der Waals surface area contributed by atoms with Crippen LogP contribution in [0.15, 0.2) is 10.5 Å². The van der Waals surface area contributed by atoms with Crippen LogP contribution in [-0.4, -0.2) is 88.7 Å². The highest BCUT2D eigenvalue weighted by molar-refractivity contribution is 7.86. The number of hydrogen-bond donors (Lipinski definition) is 4. The molecule has 15 nitrogen and oxygen atoms in total. The Morgan fingerprint density at radius 3 is 2.74 bits per heavy atom. The van der Waals surface area contributed by atoms with Gasteiger partial charge in [0, 0.05) is 10.6 Å². The third-order valence-corrected chi connectivity index (χ3v) is 8.34. The van der Waals surface area contributed by atoms with Crippen molar-refractivity contribution in [2.75, 3.05) is 12.3 Å². The lowest BCUT2D eigenvalue weighted by Crippen LogP contribution is -2.84. The number of esters is 1. The maximum absolute atomic E-state index is 13.1. The smallest absolute Gasteiger partial charge is 0.370 e. The number of carboxylic acids is 2. The van der Waals surface area contributed by atoms with Gasteiger partial charge in [0.05, 0.1) is 23.1 Å². The van der Waals surface area contributed by atoms with E-state index in [1.807, 2.05) is 0 Å². The van der Waals surface area contributed by atoms with E-state index in [-0.39, 0.29) is 17.2 Å². The molecule has 0 aliphatic carbocycles. The maximum Gasteiger partial charge on any atom is 0.370 e. The summed E-state index contributed by atoms with van der Waals surface area (Å²) in [5.41, 5.74) is 2.67. The fourth-order valence-corrected chi connectivity index (χ4v) is 6.67. The minimum absolute atomic E-state index is 0.0688. The fourth-order valence-electron chi connectivity index (χ4n) is 4.16. The lowest BCUT2D eigenvalue weighted by Gasteiger charge is -2.57. The quantitative estimate of drug-likeness (QED) is 0.130. The molecule has 0 radical (unpaired) electrons. The Kier molecular flexibility index (Phi) is 5.76. The zero-order chi connectivity index (χ0) is 24.9. The summed E-state index contributed by atoms with van der Waals surface area (Å²) >= 11 is 0.958. The monoisotopic (exact) mass is 515 g/mol. The Labute approximate surface area is 196 Å². The van der Waals surface area contributed by atoms with Crippen molar-refractivity contribution in [3.05, 3.63) is 11.1 Å². The summed E-state index contributed by atoms with van der Waals surface area (Å²) in [5.74, 6) is -6.79. The Hall–Kier alpha value is -3.60. The first-order chi connectivity index (χ1) is 16.0. The highest BCUT2D eigenvalue weighted by Gasteiger charge is 2.75. The molecule has 0 spiro atoms. The van der Waals surface area contributed by atoms with Crippen LogP contribution in [0, 0.1) is 5.92 Å². The Bertz CT molecular complexity index is 1170. The topological polar surface area (TPSA) is 228 Å². The number of nitrogens with one attached hydrogen (secondary N) is 1. The second kappa shape index (κ2) is 8.32. The number of carbonyl (C=O) groups is 5. The van der Waals surface area contributed by atoms with Crippen LogP contribution in [0.5, 0.6) is 0 Å². The van der Waals surface area contributed by atoms with Crippen LogP contribution in [0.1, 0.15) is 19.0 Å². The molecule has 6 atom stereocenters. The Morgan fingerprint density at radius 2 is 2.15 bits per heavy atom. The highest BCUT2D eigenvalue weighted by atomic mass is 32.2. The van der Waals surface area contributed by atoms with Crippen molar-refractivity contribution < 1.29 is 48.0 Å². The first-order valence-corrected chi connectivity index (χ1v) is 11.8. The molecule has 34 heavy (non-hydrogen) atoms. The molecule has 182 valence electrons. The van der Waals surface area contributed by atoms with Gasteiger partial charge in [0.1, 0.15) is 17.1 Å². The summed E-state index contributed by atoms with van der Waals surface area (Å²) in [6.07, 6.45) is -0.324. The molecule has 0 saturated carbocycles. The molecule has 3 saturated heterocycles. The predicted octanol–water partition coefficient (Wildman–Crippen LogP) is -2.32. The number of β-lactam (4-membered cyclic amide) rings is 1. The van der Waals surface area contributed by atoms with E-state index in [2.05, 4.69) is 20.3 Å². The van der Waals surface area contributed by atoms with Crippen molar-refractivity contribution in [2.45, 2.75) is 35.7 Å². The van der Waals surface area contributed by atoms with Crippen molar-refractivity contribution in [3.63, 3.8) is 0 Å². The number of anilines is 1. The third kappa shape index (κ3) is 3.47. The van der Waals surface area contributed by atoms with Crippen LogP contribution in [0.3, 0.4) is 0 Å². The molecule has 3 aliphatic heterocycles. The van der Waals surface area contributed by atoms with E-state index in [0.717, 1.165) is 16.2 Å². The number of nitrogens with two attached hydrogens (primary N) is 1. The van der Waals surface area contributed by atoms with Crippen LogP contribution in [-0.2, 0) is 44.3 Å². The summed E-state index contributed by atoms with van der Waals surface area (Å²) in [5, 5.41) is 23.6. The number of carboxylic acid groups (broad SMARTS) is 2. The molecular formula is C17H17N5O10S2. The minimum Gasteiger partial charge on any atom is -0.479 e. The van der Waals surface area contributed by atoms with Crippen molar-refractivity contribution in [2.24, 2.45) is 11.1 Å². The third-order valence-electron chi connectivity index (χ3n) is 5.65. The summed E-state index contributed by atoms with van der Waals surface area (Å²) < 4.78 is 18.2. The van der Waals surface area contributed by atoms with Gasteiger partial charge in [-0.05, 0) is 0 Å². The number of oxime groups is 1. The van der Waals surface area contributed by atoms with Crippen LogP contribution in [0.25, 0.3) is 0 Å². The van der Waals surface area contributed by atoms with Gasteiger partial charge in [-0.1, -0.05) is 12.1 Å². The number of rotatable bonds is 7. The first kappa shape index (κ1) is 23.6. The van der Waals surface area contributed by atoms with E-state index in [0.29, 0.717) is 0 Å². The fraction of sp³-hybridized carbons (Fsp3) is 0.471. The molecule has 3 aliphatic rings. The highest BCUT2D eigenvalue weighted by Crippen LogP contribution is 2.50. The van der Waals surface area contributed by atoms with Gasteiger partial charge in [0.25, 0.3) is 17.5 Å². The number of thiazole rings is 1. The van der Waals surface area contributed by atoms with Gasteiger partial charge in [-0.25, -0.2) is 14.6 Å². The van der Waals surface area contributed by atoms with Crippen molar-refractivity contribution in [3.8, 4) is 0 Å². The molecule has 0 unspecified atom stereocenters. The molecule has 1 aromatic heterocycles. The summed E-state index contributed by atoms with van der Waals surface area (Å²) in [6.45, 7) is 0.606. The van der Waals surface area contributed by atoms with Crippen molar-refractivity contribution in [1.29, 1.82) is 0 Å². The molecule has 17 heteroatoms. The molecule has 5 N–H and O–H groups in total. The van der Waals surface area contributed by atoms with E-state index in [1.165, 1.54) is 12.3 Å². The van der Waals surface area contributed by atoms with E-state index < -0.39 is 81.1 Å². The second-order valence-corrected chi connectivity index (χ2v) is 10.3. The van der Waals surface area contributed by atoms with E-state index in [1.54, 1.807) is 0 Å². The number of hydrogen-bond acceptors (Lipinski definition) is 12. The van der Waals surface area contributed by atoms with Crippen LogP contribution < -0.4 is 11.1 Å². The Morgan fingerprint density at radius 1 is 1.44 bits per heavy atom. The van der Waals surface area contributed by atoms with Crippen molar-refractivity contribution >= 4 is 62.7 Å². The summed E-state index contributed by atoms with van der Waals surface area (Å²) in [7, 11) is -1.86. The lowest BCUT2D eigenvalue weighted by molar-refractivity contribution is -0.218. The molecule has 2 amide bonds. The zero-order valence-corrected chi connectivity index (χ0v) is 18.8. The summed E-state index contributed by atoms with van der Waals surface area (Å²) in [4.78, 5) is 69.9. The largest absolute Gasteiger partial charge is 0.479 e.